The lowest BCUT2D eigenvalue weighted by atomic mass is 10.1. The Bertz CT molecular complexity index is 367. The van der Waals surface area contributed by atoms with Gasteiger partial charge in [-0.05, 0) is 37.1 Å². The fourth-order valence-electron chi connectivity index (χ4n) is 1.73. The summed E-state index contributed by atoms with van der Waals surface area (Å²) in [6.07, 6.45) is 0.919. The first kappa shape index (κ1) is 14.3. The third kappa shape index (κ3) is 4.21. The number of alkyl halides is 1. The Morgan fingerprint density at radius 2 is 2.00 bits per heavy atom. The number of carbonyl (C=O) groups excluding carboxylic acids is 1. The number of hydrogen-bond donors (Lipinski definition) is 0. The predicted octanol–water partition coefficient (Wildman–Crippen LogP) is 3.74. The van der Waals surface area contributed by atoms with Crippen LogP contribution in [-0.4, -0.2) is 29.8 Å². The van der Waals surface area contributed by atoms with Crippen molar-refractivity contribution in [1.82, 2.24) is 4.90 Å². The first-order chi connectivity index (χ1) is 8.08. The molecule has 0 aromatic heterocycles. The molecule has 2 nitrogen and oxygen atoms in total. The number of rotatable bonds is 5. The Hall–Kier alpha value is -0.730. The molecule has 94 valence electrons. The molecule has 0 aliphatic carbocycles. The summed E-state index contributed by atoms with van der Waals surface area (Å²) < 4.78 is 0. The minimum Gasteiger partial charge on any atom is -0.337 e. The molecule has 0 radical (unpaired) electrons. The van der Waals surface area contributed by atoms with E-state index in [2.05, 4.69) is 0 Å². The number of hydrogen-bond acceptors (Lipinski definition) is 1. The van der Waals surface area contributed by atoms with Crippen LogP contribution in [0.25, 0.3) is 0 Å². The third-order valence-corrected chi connectivity index (χ3v) is 2.81. The first-order valence-electron chi connectivity index (χ1n) is 5.71. The molecule has 0 saturated heterocycles. The molecule has 0 bridgehead atoms. The molecule has 0 aliphatic rings. The molecule has 0 unspecified atom stereocenters. The Labute approximate surface area is 113 Å². The summed E-state index contributed by atoms with van der Waals surface area (Å²) in [5.74, 6) is 0.448. The summed E-state index contributed by atoms with van der Waals surface area (Å²) in [5.41, 5.74) is 1.62. The largest absolute Gasteiger partial charge is 0.337 e. The summed E-state index contributed by atoms with van der Waals surface area (Å²) in [4.78, 5) is 14.0. The molecule has 0 spiro atoms. The summed E-state index contributed by atoms with van der Waals surface area (Å²) in [6.45, 7) is 5.25. The van der Waals surface area contributed by atoms with Crippen LogP contribution in [0.4, 0.5) is 0 Å². The van der Waals surface area contributed by atoms with Crippen LogP contribution in [0.5, 0.6) is 0 Å². The number of carbonyl (C=O) groups is 1. The molecule has 0 aliphatic heterocycles. The smallest absolute Gasteiger partial charge is 0.253 e. The normalized spacial score (nSPS) is 10.4. The van der Waals surface area contributed by atoms with Gasteiger partial charge in [0.25, 0.3) is 5.91 Å². The van der Waals surface area contributed by atoms with Gasteiger partial charge in [0.1, 0.15) is 0 Å². The summed E-state index contributed by atoms with van der Waals surface area (Å²) in [5, 5.41) is 0.593. The van der Waals surface area contributed by atoms with E-state index in [1.807, 2.05) is 26.0 Å². The molecular formula is C13H17Cl2NO. The number of aryl methyl sites for hydroxylation is 1. The van der Waals surface area contributed by atoms with Crippen molar-refractivity contribution >= 4 is 29.1 Å². The lowest BCUT2D eigenvalue weighted by Gasteiger charge is -2.21. The van der Waals surface area contributed by atoms with E-state index in [1.165, 1.54) is 0 Å². The maximum atomic E-state index is 12.2. The highest BCUT2D eigenvalue weighted by Gasteiger charge is 2.15. The van der Waals surface area contributed by atoms with E-state index in [0.717, 1.165) is 18.5 Å². The summed E-state index contributed by atoms with van der Waals surface area (Å²) in [7, 11) is 0. The van der Waals surface area contributed by atoms with Gasteiger partial charge in [0.15, 0.2) is 0 Å². The van der Waals surface area contributed by atoms with E-state index in [1.54, 1.807) is 11.0 Å². The second-order valence-electron chi connectivity index (χ2n) is 4.00. The zero-order valence-electron chi connectivity index (χ0n) is 10.2. The Morgan fingerprint density at radius 1 is 1.29 bits per heavy atom. The molecule has 0 heterocycles. The maximum Gasteiger partial charge on any atom is 0.253 e. The van der Waals surface area contributed by atoms with Crippen molar-refractivity contribution in [3.63, 3.8) is 0 Å². The number of nitrogens with zero attached hydrogens (tertiary/aromatic N) is 1. The number of benzene rings is 1. The highest BCUT2D eigenvalue weighted by atomic mass is 35.5. The molecule has 0 saturated carbocycles. The average Bonchev–Trinajstić information content (AvgIpc) is 2.26. The SMILES string of the molecule is CCCN(CCCl)C(=O)c1cc(C)cc(Cl)c1. The van der Waals surface area contributed by atoms with Gasteiger partial charge in [-0.15, -0.1) is 11.6 Å². The third-order valence-electron chi connectivity index (χ3n) is 2.42. The van der Waals surface area contributed by atoms with Gasteiger partial charge in [-0.1, -0.05) is 18.5 Å². The van der Waals surface area contributed by atoms with Crippen LogP contribution in [0.15, 0.2) is 18.2 Å². The van der Waals surface area contributed by atoms with Crippen LogP contribution in [0.2, 0.25) is 5.02 Å². The van der Waals surface area contributed by atoms with Gasteiger partial charge in [0.2, 0.25) is 0 Å². The van der Waals surface area contributed by atoms with E-state index in [0.29, 0.717) is 23.0 Å². The number of halogens is 2. The molecule has 4 heteroatoms. The van der Waals surface area contributed by atoms with Crippen molar-refractivity contribution < 1.29 is 4.79 Å². The van der Waals surface area contributed by atoms with Gasteiger partial charge in [0, 0.05) is 29.6 Å². The van der Waals surface area contributed by atoms with Gasteiger partial charge in [0.05, 0.1) is 0 Å². The molecule has 0 atom stereocenters. The molecule has 0 N–H and O–H groups in total. The van der Waals surface area contributed by atoms with Crippen molar-refractivity contribution in [2.75, 3.05) is 19.0 Å². The molecular weight excluding hydrogens is 257 g/mol. The summed E-state index contributed by atoms with van der Waals surface area (Å²) in [6, 6.07) is 5.39. The van der Waals surface area contributed by atoms with Crippen LogP contribution in [0.3, 0.4) is 0 Å². The van der Waals surface area contributed by atoms with E-state index < -0.39 is 0 Å². The van der Waals surface area contributed by atoms with Gasteiger partial charge < -0.3 is 4.90 Å². The van der Waals surface area contributed by atoms with Gasteiger partial charge >= 0.3 is 0 Å². The van der Waals surface area contributed by atoms with Crippen molar-refractivity contribution in [1.29, 1.82) is 0 Å². The molecule has 17 heavy (non-hydrogen) atoms. The quantitative estimate of drug-likeness (QED) is 0.749. The Balaban J connectivity index is 2.92. The highest BCUT2D eigenvalue weighted by Crippen LogP contribution is 2.16. The second-order valence-corrected chi connectivity index (χ2v) is 4.81. The average molecular weight is 274 g/mol. The Kier molecular flexibility index (Phi) is 5.79. The molecule has 0 fully saturated rings. The minimum atomic E-state index is -0.00176. The van der Waals surface area contributed by atoms with Gasteiger partial charge in [-0.25, -0.2) is 0 Å². The molecule has 1 amide bonds. The van der Waals surface area contributed by atoms with E-state index in [-0.39, 0.29) is 5.91 Å². The summed E-state index contributed by atoms with van der Waals surface area (Å²) >= 11 is 11.7. The zero-order chi connectivity index (χ0) is 12.8. The standard InChI is InChI=1S/C13H17Cl2NO/c1-3-5-16(6-4-14)13(17)11-7-10(2)8-12(15)9-11/h7-9H,3-6H2,1-2H3. The molecule has 1 rings (SSSR count). The molecule has 1 aromatic rings. The van der Waals surface area contributed by atoms with Crippen molar-refractivity contribution in [3.05, 3.63) is 34.3 Å². The van der Waals surface area contributed by atoms with Gasteiger partial charge in [-0.3, -0.25) is 4.79 Å². The van der Waals surface area contributed by atoms with Crippen molar-refractivity contribution in [3.8, 4) is 0 Å². The van der Waals surface area contributed by atoms with Crippen LogP contribution in [0.1, 0.15) is 29.3 Å². The van der Waals surface area contributed by atoms with Gasteiger partial charge in [-0.2, -0.15) is 0 Å². The lowest BCUT2D eigenvalue weighted by Crippen LogP contribution is -2.33. The van der Waals surface area contributed by atoms with Crippen LogP contribution in [0, 0.1) is 6.92 Å². The monoisotopic (exact) mass is 273 g/mol. The van der Waals surface area contributed by atoms with E-state index in [9.17, 15) is 4.79 Å². The topological polar surface area (TPSA) is 20.3 Å². The van der Waals surface area contributed by atoms with E-state index >= 15 is 0 Å². The van der Waals surface area contributed by atoms with Crippen LogP contribution >= 0.6 is 23.2 Å². The minimum absolute atomic E-state index is 0.00176. The Morgan fingerprint density at radius 3 is 2.53 bits per heavy atom. The van der Waals surface area contributed by atoms with Crippen molar-refractivity contribution in [2.45, 2.75) is 20.3 Å². The second kappa shape index (κ2) is 6.87. The van der Waals surface area contributed by atoms with Crippen LogP contribution < -0.4 is 0 Å². The lowest BCUT2D eigenvalue weighted by molar-refractivity contribution is 0.0765. The fraction of sp³-hybridized carbons (Fsp3) is 0.462. The predicted molar refractivity (Wildman–Crippen MR) is 73.1 cm³/mol. The van der Waals surface area contributed by atoms with E-state index in [4.69, 9.17) is 23.2 Å². The molecule has 1 aromatic carbocycles. The highest BCUT2D eigenvalue weighted by molar-refractivity contribution is 6.31. The number of amides is 1. The fourth-order valence-corrected chi connectivity index (χ4v) is 2.22. The van der Waals surface area contributed by atoms with Crippen molar-refractivity contribution in [2.24, 2.45) is 0 Å². The zero-order valence-corrected chi connectivity index (χ0v) is 11.7. The van der Waals surface area contributed by atoms with Crippen LogP contribution in [-0.2, 0) is 0 Å². The first-order valence-corrected chi connectivity index (χ1v) is 6.62. The maximum absolute atomic E-state index is 12.2.